The van der Waals surface area contributed by atoms with Crippen LogP contribution in [-0.4, -0.2) is 27.0 Å². The summed E-state index contributed by atoms with van der Waals surface area (Å²) in [5, 5.41) is 2.76. The molecule has 10 heteroatoms. The van der Waals surface area contributed by atoms with Gasteiger partial charge in [-0.15, -0.1) is 4.36 Å². The second-order valence-electron chi connectivity index (χ2n) is 7.94. The van der Waals surface area contributed by atoms with Crippen molar-refractivity contribution in [2.45, 2.75) is 18.7 Å². The van der Waals surface area contributed by atoms with Crippen LogP contribution in [0.3, 0.4) is 0 Å². The molecular formula is C28H21N3O6S. The van der Waals surface area contributed by atoms with Crippen molar-refractivity contribution >= 4 is 33.5 Å². The van der Waals surface area contributed by atoms with Gasteiger partial charge in [-0.3, -0.25) is 19.4 Å². The van der Waals surface area contributed by atoms with E-state index < -0.39 is 21.9 Å². The molecule has 9 nitrogen and oxygen atoms in total. The first kappa shape index (κ1) is 26.1. The summed E-state index contributed by atoms with van der Waals surface area (Å²) in [6.45, 7) is 2.86. The Morgan fingerprint density at radius 2 is 1.74 bits per heavy atom. The first-order chi connectivity index (χ1) is 18.2. The smallest absolute Gasteiger partial charge is 0.317 e. The molecule has 4 rings (SSSR count). The Labute approximate surface area is 219 Å². The third-order valence-electron chi connectivity index (χ3n) is 5.00. The zero-order valence-corrected chi connectivity index (χ0v) is 21.2. The Kier molecular flexibility index (Phi) is 7.80. The number of hydrogen-bond acceptors (Lipinski definition) is 7. The number of aromatic nitrogens is 1. The van der Waals surface area contributed by atoms with Gasteiger partial charge in [0.15, 0.2) is 5.76 Å². The van der Waals surface area contributed by atoms with Crippen molar-refractivity contribution in [3.8, 4) is 11.8 Å². The van der Waals surface area contributed by atoms with E-state index in [1.807, 2.05) is 0 Å². The lowest BCUT2D eigenvalue weighted by Gasteiger charge is -2.08. The molecule has 38 heavy (non-hydrogen) atoms. The lowest BCUT2D eigenvalue weighted by Crippen LogP contribution is -2.13. The number of hydrogen-bond donors (Lipinski definition) is 1. The molecular weight excluding hydrogens is 506 g/mol. The van der Waals surface area contributed by atoms with Gasteiger partial charge < -0.3 is 13.9 Å². The van der Waals surface area contributed by atoms with E-state index in [0.29, 0.717) is 16.8 Å². The average molecular weight is 528 g/mol. The number of nitrogens with one attached hydrogen (secondary N) is 1. The van der Waals surface area contributed by atoms with Crippen molar-refractivity contribution in [3.63, 3.8) is 0 Å². The number of rotatable bonds is 5. The number of amides is 2. The van der Waals surface area contributed by atoms with Crippen LogP contribution in [-0.2, 0) is 19.0 Å². The van der Waals surface area contributed by atoms with Crippen molar-refractivity contribution in [2.24, 2.45) is 4.36 Å². The van der Waals surface area contributed by atoms with Gasteiger partial charge in [0, 0.05) is 41.7 Å². The van der Waals surface area contributed by atoms with Crippen LogP contribution in [0, 0.1) is 18.8 Å². The van der Waals surface area contributed by atoms with E-state index in [1.54, 1.807) is 55.5 Å². The fraction of sp³-hybridized carbons (Fsp3) is 0.0714. The molecule has 0 aliphatic heterocycles. The van der Waals surface area contributed by atoms with Gasteiger partial charge in [-0.25, -0.2) is 4.21 Å². The Morgan fingerprint density at radius 1 is 0.974 bits per heavy atom. The van der Waals surface area contributed by atoms with Crippen LogP contribution in [0.4, 0.5) is 5.69 Å². The second kappa shape index (κ2) is 11.4. The van der Waals surface area contributed by atoms with Crippen molar-refractivity contribution < 1.29 is 27.2 Å². The highest BCUT2D eigenvalue weighted by atomic mass is 32.2. The van der Waals surface area contributed by atoms with E-state index in [9.17, 15) is 18.6 Å². The van der Waals surface area contributed by atoms with Gasteiger partial charge in [0.2, 0.25) is 10.0 Å². The van der Waals surface area contributed by atoms with E-state index >= 15 is 0 Å². The number of anilines is 1. The summed E-state index contributed by atoms with van der Waals surface area (Å²) < 4.78 is 27.1. The number of furan rings is 1. The van der Waals surface area contributed by atoms with E-state index in [2.05, 4.69) is 26.5 Å². The number of carbonyl (C=O) groups excluding carboxylic acids is 3. The zero-order valence-electron chi connectivity index (χ0n) is 20.3. The van der Waals surface area contributed by atoms with Gasteiger partial charge in [0.1, 0.15) is 0 Å². The van der Waals surface area contributed by atoms with Gasteiger partial charge in [-0.05, 0) is 49.4 Å². The second-order valence-corrected chi connectivity index (χ2v) is 9.71. The highest BCUT2D eigenvalue weighted by Crippen LogP contribution is 2.18. The maximum Gasteiger partial charge on any atom is 0.317 e. The predicted octanol–water partition coefficient (Wildman–Crippen LogP) is 4.78. The molecule has 0 spiro atoms. The quantitative estimate of drug-likeness (QED) is 0.370. The molecule has 2 aromatic heterocycles. The Bertz CT molecular complexity index is 1710. The van der Waals surface area contributed by atoms with Crippen LogP contribution in [0.5, 0.6) is 0 Å². The molecule has 0 saturated carbocycles. The normalized spacial score (nSPS) is 11.8. The topological polar surface area (TPSA) is 128 Å². The van der Waals surface area contributed by atoms with E-state index in [-0.39, 0.29) is 22.1 Å². The van der Waals surface area contributed by atoms with Gasteiger partial charge >= 0.3 is 5.97 Å². The molecule has 0 bridgehead atoms. The van der Waals surface area contributed by atoms with Gasteiger partial charge in [-0.2, -0.15) is 0 Å². The molecule has 0 saturated heterocycles. The predicted molar refractivity (Wildman–Crippen MR) is 139 cm³/mol. The third kappa shape index (κ3) is 6.40. The molecule has 4 aromatic rings. The Balaban J connectivity index is 1.56. The maximum absolute atomic E-state index is 13.3. The van der Waals surface area contributed by atoms with E-state index in [4.69, 9.17) is 8.60 Å². The fourth-order valence-electron chi connectivity index (χ4n) is 3.27. The highest BCUT2D eigenvalue weighted by Gasteiger charge is 2.20. The summed E-state index contributed by atoms with van der Waals surface area (Å²) in [6, 6.07) is 17.8. The molecule has 0 aliphatic rings. The maximum atomic E-state index is 13.3. The number of carbonyl (C=O) groups is 3. The van der Waals surface area contributed by atoms with Crippen molar-refractivity contribution in [1.82, 2.24) is 4.98 Å². The number of pyridine rings is 1. The lowest BCUT2D eigenvalue weighted by atomic mass is 10.1. The number of aryl methyl sites for hydroxylation is 1. The molecule has 0 aliphatic carbocycles. The monoisotopic (exact) mass is 527 g/mol. The summed E-state index contributed by atoms with van der Waals surface area (Å²) in [4.78, 5) is 40.9. The van der Waals surface area contributed by atoms with Crippen molar-refractivity contribution in [3.05, 3.63) is 113 Å². The third-order valence-corrected chi connectivity index (χ3v) is 6.73. The Hall–Kier alpha value is -5.01. The molecule has 2 aromatic carbocycles. The lowest BCUT2D eigenvalue weighted by molar-refractivity contribution is -0.131. The molecule has 190 valence electrons. The molecule has 1 unspecified atom stereocenters. The summed E-state index contributed by atoms with van der Waals surface area (Å²) in [7, 11) is -3.80. The summed E-state index contributed by atoms with van der Waals surface area (Å²) >= 11 is 0. The first-order valence-electron chi connectivity index (χ1n) is 11.2. The summed E-state index contributed by atoms with van der Waals surface area (Å²) in [6.07, 6.45) is 4.15. The minimum absolute atomic E-state index is 0.0161. The number of benzene rings is 2. The highest BCUT2D eigenvalue weighted by molar-refractivity contribution is 7.89. The first-order valence-corrected chi connectivity index (χ1v) is 12.7. The molecule has 0 radical (unpaired) electrons. The molecule has 2 heterocycles. The van der Waals surface area contributed by atoms with Crippen molar-refractivity contribution in [2.75, 3.05) is 5.32 Å². The minimum Gasteiger partial charge on any atom is -0.459 e. The van der Waals surface area contributed by atoms with Gasteiger partial charge in [0.05, 0.1) is 16.7 Å². The largest absolute Gasteiger partial charge is 0.459 e. The average Bonchev–Trinajstić information content (AvgIpc) is 3.34. The molecule has 2 amide bonds. The number of nitrogens with zero attached hydrogens (tertiary/aromatic N) is 2. The van der Waals surface area contributed by atoms with Crippen LogP contribution in [0.1, 0.15) is 44.5 Å². The SMILES string of the molecule is CC(=O)OS(=O)(=NC(=O)c1cncc(C#Cc2cccc(NC(=O)c3occc3C)c2)c1)c1ccccc1. The molecule has 0 fully saturated rings. The minimum atomic E-state index is -3.80. The zero-order chi connectivity index (χ0) is 27.1. The van der Waals surface area contributed by atoms with Crippen LogP contribution >= 0.6 is 0 Å². The van der Waals surface area contributed by atoms with Crippen molar-refractivity contribution in [1.29, 1.82) is 0 Å². The molecule has 1 N–H and O–H groups in total. The fourth-order valence-corrected chi connectivity index (χ4v) is 4.65. The summed E-state index contributed by atoms with van der Waals surface area (Å²) in [5.41, 5.74) is 2.26. The van der Waals surface area contributed by atoms with Crippen LogP contribution in [0.15, 0.2) is 99.1 Å². The van der Waals surface area contributed by atoms with Crippen LogP contribution < -0.4 is 5.32 Å². The Morgan fingerprint density at radius 3 is 2.45 bits per heavy atom. The molecule has 1 atom stereocenters. The standard InChI is InChI=1S/C28H21N3O6S/c1-19-13-14-36-26(19)28(34)30-24-8-6-7-21(16-24)11-12-22-15-23(18-29-17-22)27(33)31-38(35,37-20(2)32)25-9-4-3-5-10-25/h3-10,13-18H,1-2H3,(H,30,34). The van der Waals surface area contributed by atoms with Crippen LogP contribution in [0.25, 0.3) is 0 Å². The van der Waals surface area contributed by atoms with Crippen LogP contribution in [0.2, 0.25) is 0 Å². The van der Waals surface area contributed by atoms with Gasteiger partial charge in [-0.1, -0.05) is 36.1 Å². The van der Waals surface area contributed by atoms with Gasteiger partial charge in [0.25, 0.3) is 11.8 Å². The van der Waals surface area contributed by atoms with E-state index in [0.717, 1.165) is 12.5 Å². The van der Waals surface area contributed by atoms with E-state index in [1.165, 1.54) is 36.9 Å². The summed E-state index contributed by atoms with van der Waals surface area (Å²) in [5.74, 6) is 3.99.